The van der Waals surface area contributed by atoms with Crippen molar-refractivity contribution in [2.75, 3.05) is 6.26 Å². The molecule has 0 radical (unpaired) electrons. The molecule has 0 aliphatic rings. The van der Waals surface area contributed by atoms with Crippen LogP contribution in [0.4, 0.5) is 0 Å². The third kappa shape index (κ3) is 4.26. The molecule has 5 heteroatoms. The van der Waals surface area contributed by atoms with E-state index in [2.05, 4.69) is 22.4 Å². The van der Waals surface area contributed by atoms with E-state index in [-0.39, 0.29) is 5.91 Å². The second kappa shape index (κ2) is 8.31. The number of rotatable bonds is 6. The molecule has 0 fully saturated rings. The Hall–Kier alpha value is -3.05. The molecule has 0 saturated carbocycles. The van der Waals surface area contributed by atoms with E-state index in [0.29, 0.717) is 30.0 Å². The number of hydrogen-bond acceptors (Lipinski definition) is 4. The van der Waals surface area contributed by atoms with Crippen molar-refractivity contribution < 1.29 is 9.21 Å². The highest BCUT2D eigenvalue weighted by atomic mass is 32.2. The number of oxazole rings is 1. The van der Waals surface area contributed by atoms with E-state index in [0.717, 1.165) is 16.6 Å². The number of benzene rings is 3. The second-order valence-corrected chi connectivity index (χ2v) is 7.36. The van der Waals surface area contributed by atoms with Crippen molar-refractivity contribution in [3.8, 4) is 0 Å². The highest BCUT2D eigenvalue weighted by Gasteiger charge is 2.11. The number of thioether (sulfide) groups is 1. The largest absolute Gasteiger partial charge is 0.440 e. The number of nitrogens with zero attached hydrogens (tertiary/aromatic N) is 1. The van der Waals surface area contributed by atoms with Gasteiger partial charge in [0.05, 0.1) is 0 Å². The average molecular weight is 388 g/mol. The van der Waals surface area contributed by atoms with Gasteiger partial charge in [-0.25, -0.2) is 4.98 Å². The summed E-state index contributed by atoms with van der Waals surface area (Å²) in [4.78, 5) is 18.2. The zero-order valence-electron chi connectivity index (χ0n) is 15.5. The quantitative estimate of drug-likeness (QED) is 0.469. The maximum Gasteiger partial charge on any atom is 0.251 e. The van der Waals surface area contributed by atoms with Crippen molar-refractivity contribution in [1.82, 2.24) is 10.3 Å². The van der Waals surface area contributed by atoms with Crippen molar-refractivity contribution in [3.05, 3.63) is 95.4 Å². The Morgan fingerprint density at radius 3 is 2.54 bits per heavy atom. The predicted molar refractivity (Wildman–Crippen MR) is 113 cm³/mol. The first-order valence-electron chi connectivity index (χ1n) is 9.06. The Bertz CT molecular complexity index is 1090. The third-order valence-corrected chi connectivity index (χ3v) is 5.25. The number of hydrogen-bond donors (Lipinski definition) is 1. The van der Waals surface area contributed by atoms with Crippen LogP contribution in [0.25, 0.3) is 11.1 Å². The lowest BCUT2D eigenvalue weighted by molar-refractivity contribution is 0.0951. The van der Waals surface area contributed by atoms with E-state index in [4.69, 9.17) is 4.42 Å². The highest BCUT2D eigenvalue weighted by molar-refractivity contribution is 7.98. The molecule has 1 aromatic heterocycles. The topological polar surface area (TPSA) is 55.1 Å². The molecule has 0 bridgehead atoms. The van der Waals surface area contributed by atoms with E-state index < -0.39 is 0 Å². The first kappa shape index (κ1) is 18.3. The van der Waals surface area contributed by atoms with E-state index in [1.807, 2.05) is 54.8 Å². The number of aromatic nitrogens is 1. The van der Waals surface area contributed by atoms with E-state index in [9.17, 15) is 4.79 Å². The summed E-state index contributed by atoms with van der Waals surface area (Å²) in [5.41, 5.74) is 4.16. The molecular formula is C23H20N2O2S. The molecule has 0 unspecified atom stereocenters. The standard InChI is InChI=1S/C23H20N2O2S/c1-28-19-10-7-17(8-11-19)15-24-23(26)18-9-12-20-21(14-18)27-22(25-20)13-16-5-3-2-4-6-16/h2-12,14H,13,15H2,1H3,(H,24,26). The molecule has 4 aromatic rings. The smallest absolute Gasteiger partial charge is 0.251 e. The molecule has 0 aliphatic carbocycles. The van der Waals surface area contributed by atoms with Gasteiger partial charge in [-0.2, -0.15) is 0 Å². The van der Waals surface area contributed by atoms with Gasteiger partial charge in [0.15, 0.2) is 11.5 Å². The lowest BCUT2D eigenvalue weighted by Crippen LogP contribution is -2.22. The van der Waals surface area contributed by atoms with Gasteiger partial charge < -0.3 is 9.73 Å². The van der Waals surface area contributed by atoms with Crippen LogP contribution >= 0.6 is 11.8 Å². The summed E-state index contributed by atoms with van der Waals surface area (Å²) in [7, 11) is 0. The first-order chi connectivity index (χ1) is 13.7. The van der Waals surface area contributed by atoms with E-state index in [1.54, 1.807) is 23.9 Å². The molecule has 4 nitrogen and oxygen atoms in total. The Balaban J connectivity index is 1.45. The minimum atomic E-state index is -0.128. The van der Waals surface area contributed by atoms with Gasteiger partial charge in [0.25, 0.3) is 5.91 Å². The fourth-order valence-corrected chi connectivity index (χ4v) is 3.40. The number of carbonyl (C=O) groups excluding carboxylic acids is 1. The van der Waals surface area contributed by atoms with Crippen LogP contribution in [0, 0.1) is 0 Å². The second-order valence-electron chi connectivity index (χ2n) is 6.48. The highest BCUT2D eigenvalue weighted by Crippen LogP contribution is 2.20. The molecule has 1 N–H and O–H groups in total. The number of carbonyl (C=O) groups is 1. The van der Waals surface area contributed by atoms with Crippen LogP contribution in [-0.4, -0.2) is 17.1 Å². The third-order valence-electron chi connectivity index (χ3n) is 4.51. The molecule has 140 valence electrons. The minimum absolute atomic E-state index is 0.128. The van der Waals surface area contributed by atoms with Crippen molar-refractivity contribution >= 4 is 28.8 Å². The summed E-state index contributed by atoms with van der Waals surface area (Å²) in [6.45, 7) is 0.487. The molecular weight excluding hydrogens is 368 g/mol. The summed E-state index contributed by atoms with van der Waals surface area (Å²) in [5, 5.41) is 2.96. The van der Waals surface area contributed by atoms with Crippen LogP contribution < -0.4 is 5.32 Å². The fraction of sp³-hybridized carbons (Fsp3) is 0.130. The van der Waals surface area contributed by atoms with Crippen LogP contribution in [0.3, 0.4) is 0 Å². The first-order valence-corrected chi connectivity index (χ1v) is 10.3. The normalized spacial score (nSPS) is 10.9. The van der Waals surface area contributed by atoms with Crippen molar-refractivity contribution in [2.24, 2.45) is 0 Å². The number of fused-ring (bicyclic) bond motifs is 1. The predicted octanol–water partition coefficient (Wildman–Crippen LogP) is 5.07. The molecule has 1 amide bonds. The molecule has 3 aromatic carbocycles. The van der Waals surface area contributed by atoms with Crippen LogP contribution in [-0.2, 0) is 13.0 Å². The van der Waals surface area contributed by atoms with Gasteiger partial charge >= 0.3 is 0 Å². The zero-order chi connectivity index (χ0) is 19.3. The Morgan fingerprint density at radius 2 is 1.79 bits per heavy atom. The van der Waals surface area contributed by atoms with Gasteiger partial charge in [-0.3, -0.25) is 4.79 Å². The van der Waals surface area contributed by atoms with E-state index in [1.165, 1.54) is 4.90 Å². The van der Waals surface area contributed by atoms with Crippen LogP contribution in [0.1, 0.15) is 27.4 Å². The van der Waals surface area contributed by atoms with Gasteiger partial charge in [0.1, 0.15) is 5.52 Å². The Labute approximate surface area is 168 Å². The molecule has 1 heterocycles. The zero-order valence-corrected chi connectivity index (χ0v) is 16.3. The molecule has 4 rings (SSSR count). The number of nitrogens with one attached hydrogen (secondary N) is 1. The van der Waals surface area contributed by atoms with Gasteiger partial charge in [-0.1, -0.05) is 42.5 Å². The lowest BCUT2D eigenvalue weighted by atomic mass is 10.1. The van der Waals surface area contributed by atoms with Gasteiger partial charge in [0, 0.05) is 23.4 Å². The molecule has 28 heavy (non-hydrogen) atoms. The maximum atomic E-state index is 12.5. The summed E-state index contributed by atoms with van der Waals surface area (Å²) in [6.07, 6.45) is 2.67. The van der Waals surface area contributed by atoms with Crippen molar-refractivity contribution in [1.29, 1.82) is 0 Å². The van der Waals surface area contributed by atoms with Gasteiger partial charge in [-0.05, 0) is 47.7 Å². The van der Waals surface area contributed by atoms with Crippen LogP contribution in [0.15, 0.2) is 82.1 Å². The molecule has 0 atom stereocenters. The van der Waals surface area contributed by atoms with Gasteiger partial charge in [-0.15, -0.1) is 11.8 Å². The summed E-state index contributed by atoms with van der Waals surface area (Å²) >= 11 is 1.70. The molecule has 0 saturated heterocycles. The summed E-state index contributed by atoms with van der Waals surface area (Å²) in [5.74, 6) is 0.518. The SMILES string of the molecule is CSc1ccc(CNC(=O)c2ccc3nc(Cc4ccccc4)oc3c2)cc1. The Morgan fingerprint density at radius 1 is 1.00 bits per heavy atom. The van der Waals surface area contributed by atoms with E-state index >= 15 is 0 Å². The summed E-state index contributed by atoms with van der Waals surface area (Å²) < 4.78 is 5.86. The van der Waals surface area contributed by atoms with Crippen LogP contribution in [0.2, 0.25) is 0 Å². The van der Waals surface area contributed by atoms with Crippen molar-refractivity contribution in [2.45, 2.75) is 17.9 Å². The lowest BCUT2D eigenvalue weighted by Gasteiger charge is -2.06. The monoisotopic (exact) mass is 388 g/mol. The number of amides is 1. The average Bonchev–Trinajstić information content (AvgIpc) is 3.14. The van der Waals surface area contributed by atoms with Crippen LogP contribution in [0.5, 0.6) is 0 Å². The summed E-state index contributed by atoms with van der Waals surface area (Å²) in [6, 6.07) is 23.6. The Kier molecular flexibility index (Phi) is 5.44. The minimum Gasteiger partial charge on any atom is -0.440 e. The molecule has 0 aliphatic heterocycles. The fourth-order valence-electron chi connectivity index (χ4n) is 2.99. The molecule has 0 spiro atoms. The van der Waals surface area contributed by atoms with Gasteiger partial charge in [0.2, 0.25) is 0 Å². The van der Waals surface area contributed by atoms with Crippen molar-refractivity contribution in [3.63, 3.8) is 0 Å². The maximum absolute atomic E-state index is 12.5.